The molecule has 0 aromatic carbocycles. The third kappa shape index (κ3) is 1.33. The van der Waals surface area contributed by atoms with Crippen molar-refractivity contribution in [2.45, 2.75) is 5.22 Å². The Hall–Kier alpha value is -1.56. The summed E-state index contributed by atoms with van der Waals surface area (Å²) >= 11 is 1.30. The number of hydrogen-bond donors (Lipinski definition) is 1. The highest BCUT2D eigenvalue weighted by Crippen LogP contribution is 2.22. The van der Waals surface area contributed by atoms with Crippen LogP contribution in [0.3, 0.4) is 0 Å². The van der Waals surface area contributed by atoms with Gasteiger partial charge in [0.15, 0.2) is 5.58 Å². The molecule has 6 heteroatoms. The highest BCUT2D eigenvalue weighted by molar-refractivity contribution is 7.98. The second kappa shape index (κ2) is 3.30. The molecule has 14 heavy (non-hydrogen) atoms. The predicted molar refractivity (Wildman–Crippen MR) is 50.5 cm³/mol. The second-order valence-corrected chi connectivity index (χ2v) is 3.26. The topological polar surface area (TPSA) is 76.2 Å². The van der Waals surface area contributed by atoms with Gasteiger partial charge < -0.3 is 9.52 Å². The first-order valence-electron chi connectivity index (χ1n) is 3.75. The van der Waals surface area contributed by atoms with Gasteiger partial charge >= 0.3 is 5.97 Å². The molecule has 1 N–H and O–H groups in total. The number of pyridine rings is 1. The molecular formula is C8H6N2O3S. The first kappa shape index (κ1) is 9.01. The maximum atomic E-state index is 10.8. The molecule has 0 bridgehead atoms. The smallest absolute Gasteiger partial charge is 0.339 e. The van der Waals surface area contributed by atoms with Gasteiger partial charge in [-0.2, -0.15) is 4.98 Å². The maximum Gasteiger partial charge on any atom is 0.339 e. The molecule has 0 aliphatic heterocycles. The van der Waals surface area contributed by atoms with Crippen LogP contribution in [0.15, 0.2) is 21.9 Å². The minimum atomic E-state index is -1.04. The van der Waals surface area contributed by atoms with Crippen LogP contribution in [0.1, 0.15) is 10.4 Å². The summed E-state index contributed by atoms with van der Waals surface area (Å²) in [5.41, 5.74) is 0.640. The van der Waals surface area contributed by atoms with Crippen LogP contribution in [-0.4, -0.2) is 27.3 Å². The fourth-order valence-corrected chi connectivity index (χ4v) is 1.41. The Balaban J connectivity index is 2.73. The minimum Gasteiger partial charge on any atom is -0.478 e. The number of aromatic carboxylic acids is 1. The molecule has 2 aromatic rings. The molecule has 0 saturated carbocycles. The first-order chi connectivity index (χ1) is 6.72. The molecule has 0 spiro atoms. The van der Waals surface area contributed by atoms with Gasteiger partial charge in [-0.15, -0.1) is 0 Å². The molecule has 5 nitrogen and oxygen atoms in total. The van der Waals surface area contributed by atoms with E-state index in [1.54, 1.807) is 6.26 Å². The van der Waals surface area contributed by atoms with Crippen LogP contribution in [0.4, 0.5) is 0 Å². The molecule has 0 aliphatic rings. The zero-order valence-corrected chi connectivity index (χ0v) is 8.04. The lowest BCUT2D eigenvalue weighted by molar-refractivity contribution is 0.0697. The molecular weight excluding hydrogens is 204 g/mol. The molecule has 0 atom stereocenters. The fraction of sp³-hybridized carbons (Fsp3) is 0.125. The largest absolute Gasteiger partial charge is 0.478 e. The van der Waals surface area contributed by atoms with Crippen LogP contribution < -0.4 is 0 Å². The van der Waals surface area contributed by atoms with E-state index in [1.165, 1.54) is 24.0 Å². The van der Waals surface area contributed by atoms with E-state index < -0.39 is 5.97 Å². The second-order valence-electron chi connectivity index (χ2n) is 2.50. The van der Waals surface area contributed by atoms with E-state index in [-0.39, 0.29) is 11.1 Å². The lowest BCUT2D eigenvalue weighted by Gasteiger charge is -1.91. The Bertz CT molecular complexity index is 494. The number of carboxylic acids is 1. The molecule has 0 amide bonds. The van der Waals surface area contributed by atoms with E-state index in [0.29, 0.717) is 10.9 Å². The predicted octanol–water partition coefficient (Wildman–Crippen LogP) is 1.64. The van der Waals surface area contributed by atoms with Crippen molar-refractivity contribution in [3.63, 3.8) is 0 Å². The average Bonchev–Trinajstić information content (AvgIpc) is 2.59. The number of nitrogens with zero attached hydrogens (tertiary/aromatic N) is 2. The van der Waals surface area contributed by atoms with E-state index in [2.05, 4.69) is 9.97 Å². The van der Waals surface area contributed by atoms with Gasteiger partial charge in [-0.1, -0.05) is 11.8 Å². The van der Waals surface area contributed by atoms with Gasteiger partial charge in [-0.25, -0.2) is 9.78 Å². The van der Waals surface area contributed by atoms with Crippen molar-refractivity contribution in [2.75, 3.05) is 6.26 Å². The zero-order valence-electron chi connectivity index (χ0n) is 7.22. The van der Waals surface area contributed by atoms with E-state index in [4.69, 9.17) is 9.52 Å². The summed E-state index contributed by atoms with van der Waals surface area (Å²) in [6, 6.07) is 1.39. The molecule has 72 valence electrons. The van der Waals surface area contributed by atoms with Gasteiger partial charge in [-0.05, 0) is 12.3 Å². The van der Waals surface area contributed by atoms with Crippen LogP contribution in [-0.2, 0) is 0 Å². The van der Waals surface area contributed by atoms with Crippen LogP contribution in [0, 0.1) is 0 Å². The number of hydrogen-bond acceptors (Lipinski definition) is 5. The van der Waals surface area contributed by atoms with E-state index in [9.17, 15) is 4.79 Å². The van der Waals surface area contributed by atoms with Gasteiger partial charge in [0.25, 0.3) is 5.22 Å². The van der Waals surface area contributed by atoms with Gasteiger partial charge in [0.1, 0.15) is 5.56 Å². The van der Waals surface area contributed by atoms with Crippen LogP contribution >= 0.6 is 11.8 Å². The molecule has 2 aromatic heterocycles. The number of thioether (sulfide) groups is 1. The minimum absolute atomic E-state index is 0.0859. The summed E-state index contributed by atoms with van der Waals surface area (Å²) < 4.78 is 5.22. The van der Waals surface area contributed by atoms with Crippen molar-refractivity contribution in [3.05, 3.63) is 17.8 Å². The van der Waals surface area contributed by atoms with Gasteiger partial charge in [0, 0.05) is 6.20 Å². The van der Waals surface area contributed by atoms with Crippen LogP contribution in [0.2, 0.25) is 0 Å². The summed E-state index contributed by atoms with van der Waals surface area (Å²) in [7, 11) is 0. The first-order valence-corrected chi connectivity index (χ1v) is 4.97. The number of carbonyl (C=O) groups is 1. The van der Waals surface area contributed by atoms with Crippen molar-refractivity contribution in [2.24, 2.45) is 0 Å². The van der Waals surface area contributed by atoms with Gasteiger partial charge in [0.2, 0.25) is 5.65 Å². The van der Waals surface area contributed by atoms with Crippen LogP contribution in [0.25, 0.3) is 11.2 Å². The molecule has 0 aliphatic carbocycles. The van der Waals surface area contributed by atoms with E-state index in [1.807, 2.05) is 0 Å². The quantitative estimate of drug-likeness (QED) is 0.759. The highest BCUT2D eigenvalue weighted by Gasteiger charge is 2.14. The lowest BCUT2D eigenvalue weighted by atomic mass is 10.2. The Labute approximate surface area is 83.2 Å². The van der Waals surface area contributed by atoms with Crippen molar-refractivity contribution in [1.82, 2.24) is 9.97 Å². The van der Waals surface area contributed by atoms with Crippen molar-refractivity contribution in [3.8, 4) is 0 Å². The summed E-state index contributed by atoms with van der Waals surface area (Å²) in [5, 5.41) is 9.26. The molecule has 0 fully saturated rings. The zero-order chi connectivity index (χ0) is 10.1. The third-order valence-corrected chi connectivity index (χ3v) is 2.20. The van der Waals surface area contributed by atoms with Crippen molar-refractivity contribution >= 4 is 29.0 Å². The number of aromatic nitrogens is 2. The molecule has 0 radical (unpaired) electrons. The Morgan fingerprint density at radius 2 is 2.43 bits per heavy atom. The standard InChI is InChI=1S/C8H6N2O3S/c1-14-8-10-6-5(13-8)4(7(11)12)2-3-9-6/h2-3H,1H3,(H,11,12). The monoisotopic (exact) mass is 210 g/mol. The number of carboxylic acid groups (broad SMARTS) is 1. The normalized spacial score (nSPS) is 10.6. The maximum absolute atomic E-state index is 10.8. The van der Waals surface area contributed by atoms with Gasteiger partial charge in [0.05, 0.1) is 0 Å². The number of oxazole rings is 1. The third-order valence-electron chi connectivity index (χ3n) is 1.68. The number of fused-ring (bicyclic) bond motifs is 1. The molecule has 0 unspecified atom stereocenters. The van der Waals surface area contributed by atoms with E-state index in [0.717, 1.165) is 0 Å². The summed E-state index contributed by atoms with van der Waals surface area (Å²) in [6.45, 7) is 0. The molecule has 2 rings (SSSR count). The van der Waals surface area contributed by atoms with Crippen molar-refractivity contribution < 1.29 is 14.3 Å². The van der Waals surface area contributed by atoms with E-state index >= 15 is 0 Å². The lowest BCUT2D eigenvalue weighted by Crippen LogP contribution is -1.96. The Kier molecular flexibility index (Phi) is 2.12. The van der Waals surface area contributed by atoms with Crippen molar-refractivity contribution in [1.29, 1.82) is 0 Å². The average molecular weight is 210 g/mol. The van der Waals surface area contributed by atoms with Gasteiger partial charge in [-0.3, -0.25) is 0 Å². The SMILES string of the molecule is CSc1nc2nccc(C(=O)O)c2o1. The summed E-state index contributed by atoms with van der Waals surface area (Å²) in [4.78, 5) is 18.7. The van der Waals surface area contributed by atoms with Crippen LogP contribution in [0.5, 0.6) is 0 Å². The fourth-order valence-electron chi connectivity index (χ4n) is 1.07. The Morgan fingerprint density at radius 3 is 3.07 bits per heavy atom. The highest BCUT2D eigenvalue weighted by atomic mass is 32.2. The molecule has 0 saturated heterocycles. The number of rotatable bonds is 2. The summed E-state index contributed by atoms with van der Waals surface area (Å²) in [5.74, 6) is -1.04. The Morgan fingerprint density at radius 1 is 1.64 bits per heavy atom. The molecule has 2 heterocycles. The summed E-state index contributed by atoms with van der Waals surface area (Å²) in [6.07, 6.45) is 3.20.